The molecule has 1 aromatic rings. The van der Waals surface area contributed by atoms with E-state index in [1.54, 1.807) is 0 Å². The summed E-state index contributed by atoms with van der Waals surface area (Å²) in [4.78, 5) is 0. The Morgan fingerprint density at radius 1 is 1.00 bits per heavy atom. The molecule has 1 rings (SSSR count). The van der Waals surface area contributed by atoms with Gasteiger partial charge in [0.25, 0.3) is 0 Å². The van der Waals surface area contributed by atoms with Crippen LogP contribution in [0, 0.1) is 0 Å². The van der Waals surface area contributed by atoms with Crippen molar-refractivity contribution in [3.05, 3.63) is 28.8 Å². The summed E-state index contributed by atoms with van der Waals surface area (Å²) in [5, 5.41) is 10.2. The van der Waals surface area contributed by atoms with Crippen LogP contribution < -0.4 is 0 Å². The predicted octanol–water partition coefficient (Wildman–Crippen LogP) is 4.82. The first-order valence-corrected chi connectivity index (χ1v) is 7.15. The van der Waals surface area contributed by atoms with E-state index in [1.807, 2.05) is 12.1 Å². The smallest absolute Gasteiger partial charge is 0.121 e. The Labute approximate surface area is 110 Å². The molecule has 1 aromatic carbocycles. The van der Waals surface area contributed by atoms with Crippen LogP contribution >= 0.6 is 11.6 Å². The monoisotopic (exact) mass is 254 g/mol. The second-order valence-corrected chi connectivity index (χ2v) is 4.87. The minimum atomic E-state index is 0.501. The van der Waals surface area contributed by atoms with Gasteiger partial charge in [-0.15, -0.1) is 11.6 Å². The molecule has 0 amide bonds. The zero-order valence-corrected chi connectivity index (χ0v) is 11.7. The largest absolute Gasteiger partial charge is 0.507 e. The summed E-state index contributed by atoms with van der Waals surface area (Å²) in [6.07, 6.45) is 6.43. The molecular weight excluding hydrogens is 232 g/mol. The molecule has 0 saturated heterocycles. The highest BCUT2D eigenvalue weighted by atomic mass is 35.5. The van der Waals surface area contributed by atoms with Gasteiger partial charge in [0.2, 0.25) is 0 Å². The maximum atomic E-state index is 10.2. The summed E-state index contributed by atoms with van der Waals surface area (Å²) in [6.45, 7) is 4.33. The van der Waals surface area contributed by atoms with E-state index in [1.165, 1.54) is 0 Å². The number of unbranched alkanes of at least 4 members (excludes halogenated alkanes) is 2. The molecule has 0 aliphatic rings. The molecule has 0 aliphatic carbocycles. The number of rotatable bonds is 7. The van der Waals surface area contributed by atoms with Crippen LogP contribution in [0.4, 0.5) is 0 Å². The third-order valence-electron chi connectivity index (χ3n) is 3.08. The average Bonchev–Trinajstić information content (AvgIpc) is 2.36. The molecule has 0 aromatic heterocycles. The summed E-state index contributed by atoms with van der Waals surface area (Å²) in [5.41, 5.74) is 3.26. The maximum Gasteiger partial charge on any atom is 0.121 e. The van der Waals surface area contributed by atoms with Gasteiger partial charge in [-0.05, 0) is 42.4 Å². The molecule has 0 heterocycles. The van der Waals surface area contributed by atoms with Gasteiger partial charge in [-0.3, -0.25) is 0 Å². The highest BCUT2D eigenvalue weighted by molar-refractivity contribution is 6.17. The van der Waals surface area contributed by atoms with E-state index in [4.69, 9.17) is 11.6 Å². The van der Waals surface area contributed by atoms with Gasteiger partial charge < -0.3 is 5.11 Å². The lowest BCUT2D eigenvalue weighted by Gasteiger charge is -2.12. The predicted molar refractivity (Wildman–Crippen MR) is 74.9 cm³/mol. The summed E-state index contributed by atoms with van der Waals surface area (Å²) >= 11 is 5.91. The van der Waals surface area contributed by atoms with Crippen molar-refractivity contribution in [2.45, 2.75) is 58.3 Å². The van der Waals surface area contributed by atoms with Crippen molar-refractivity contribution in [3.63, 3.8) is 0 Å². The average molecular weight is 255 g/mol. The fourth-order valence-corrected chi connectivity index (χ4v) is 2.18. The lowest BCUT2D eigenvalue weighted by atomic mass is 9.97. The molecule has 1 N–H and O–H groups in total. The Bertz CT molecular complexity index is 318. The fourth-order valence-electron chi connectivity index (χ4n) is 2.02. The number of hydrogen-bond donors (Lipinski definition) is 1. The van der Waals surface area contributed by atoms with Crippen LogP contribution in [0.25, 0.3) is 0 Å². The van der Waals surface area contributed by atoms with Crippen LogP contribution in [-0.2, 0) is 18.7 Å². The quantitative estimate of drug-likeness (QED) is 0.692. The van der Waals surface area contributed by atoms with Crippen LogP contribution in [0.5, 0.6) is 5.75 Å². The van der Waals surface area contributed by atoms with Gasteiger partial charge in [-0.1, -0.05) is 38.8 Å². The van der Waals surface area contributed by atoms with E-state index in [0.29, 0.717) is 11.6 Å². The van der Waals surface area contributed by atoms with E-state index in [2.05, 4.69) is 13.8 Å². The SMILES string of the molecule is CCCCc1cc(CCl)cc(CCCC)c1O. The van der Waals surface area contributed by atoms with Crippen molar-refractivity contribution >= 4 is 11.6 Å². The van der Waals surface area contributed by atoms with E-state index < -0.39 is 0 Å². The van der Waals surface area contributed by atoms with Crippen molar-refractivity contribution in [1.29, 1.82) is 0 Å². The standard InChI is InChI=1S/C15H23ClO/c1-3-5-7-13-9-12(11-16)10-14(15(13)17)8-6-4-2/h9-10,17H,3-8,11H2,1-2H3. The number of aromatic hydroxyl groups is 1. The summed E-state index contributed by atoms with van der Waals surface area (Å²) in [5.74, 6) is 1.03. The molecule has 0 aliphatic heterocycles. The molecule has 0 atom stereocenters. The maximum absolute atomic E-state index is 10.2. The molecule has 0 saturated carbocycles. The lowest BCUT2D eigenvalue weighted by Crippen LogP contribution is -1.95. The first-order chi connectivity index (χ1) is 8.22. The normalized spacial score (nSPS) is 10.8. The van der Waals surface area contributed by atoms with Gasteiger partial charge >= 0.3 is 0 Å². The Hall–Kier alpha value is -0.690. The molecule has 0 unspecified atom stereocenters. The minimum absolute atomic E-state index is 0.501. The summed E-state index contributed by atoms with van der Waals surface area (Å²) in [7, 11) is 0. The van der Waals surface area contributed by atoms with Gasteiger partial charge in [0.05, 0.1) is 0 Å². The Balaban J connectivity index is 2.94. The van der Waals surface area contributed by atoms with E-state index >= 15 is 0 Å². The third kappa shape index (κ3) is 4.23. The number of aryl methyl sites for hydroxylation is 2. The number of benzene rings is 1. The first kappa shape index (κ1) is 14.4. The van der Waals surface area contributed by atoms with Crippen molar-refractivity contribution in [1.82, 2.24) is 0 Å². The fraction of sp³-hybridized carbons (Fsp3) is 0.600. The summed E-state index contributed by atoms with van der Waals surface area (Å²) < 4.78 is 0. The van der Waals surface area contributed by atoms with Crippen LogP contribution in [0.1, 0.15) is 56.2 Å². The topological polar surface area (TPSA) is 20.2 Å². The number of phenolic OH excluding ortho intramolecular Hbond substituents is 1. The second-order valence-electron chi connectivity index (χ2n) is 4.60. The molecule has 0 bridgehead atoms. The zero-order valence-electron chi connectivity index (χ0n) is 10.9. The third-order valence-corrected chi connectivity index (χ3v) is 3.39. The van der Waals surface area contributed by atoms with Crippen molar-refractivity contribution in [2.75, 3.05) is 0 Å². The number of phenols is 1. The van der Waals surface area contributed by atoms with Gasteiger partial charge in [0.15, 0.2) is 0 Å². The Morgan fingerprint density at radius 3 is 1.82 bits per heavy atom. The second kappa shape index (κ2) is 7.60. The lowest BCUT2D eigenvalue weighted by molar-refractivity contribution is 0.458. The van der Waals surface area contributed by atoms with Gasteiger partial charge in [0.1, 0.15) is 5.75 Å². The molecule has 17 heavy (non-hydrogen) atoms. The van der Waals surface area contributed by atoms with Gasteiger partial charge in [-0.25, -0.2) is 0 Å². The van der Waals surface area contributed by atoms with Crippen LogP contribution in [-0.4, -0.2) is 5.11 Å². The molecule has 96 valence electrons. The van der Waals surface area contributed by atoms with Gasteiger partial charge in [-0.2, -0.15) is 0 Å². The van der Waals surface area contributed by atoms with Crippen LogP contribution in [0.3, 0.4) is 0 Å². The molecule has 0 spiro atoms. The summed E-state index contributed by atoms with van der Waals surface area (Å²) in [6, 6.07) is 4.10. The molecule has 0 radical (unpaired) electrons. The number of halogens is 1. The molecular formula is C15H23ClO. The van der Waals surface area contributed by atoms with E-state index in [-0.39, 0.29) is 0 Å². The van der Waals surface area contributed by atoms with Crippen LogP contribution in [0.15, 0.2) is 12.1 Å². The molecule has 1 nitrogen and oxygen atoms in total. The minimum Gasteiger partial charge on any atom is -0.507 e. The van der Waals surface area contributed by atoms with Crippen LogP contribution in [0.2, 0.25) is 0 Å². The highest BCUT2D eigenvalue weighted by Gasteiger charge is 2.09. The highest BCUT2D eigenvalue weighted by Crippen LogP contribution is 2.28. The molecule has 0 fully saturated rings. The molecule has 2 heteroatoms. The van der Waals surface area contributed by atoms with E-state index in [9.17, 15) is 5.11 Å². The zero-order chi connectivity index (χ0) is 12.7. The van der Waals surface area contributed by atoms with E-state index in [0.717, 1.165) is 55.2 Å². The van der Waals surface area contributed by atoms with Crippen molar-refractivity contribution in [2.24, 2.45) is 0 Å². The first-order valence-electron chi connectivity index (χ1n) is 6.62. The van der Waals surface area contributed by atoms with Crippen molar-refractivity contribution < 1.29 is 5.11 Å². The Morgan fingerprint density at radius 2 is 1.47 bits per heavy atom. The Kier molecular flexibility index (Phi) is 6.43. The number of alkyl halides is 1. The van der Waals surface area contributed by atoms with Gasteiger partial charge in [0, 0.05) is 5.88 Å². The van der Waals surface area contributed by atoms with Crippen molar-refractivity contribution in [3.8, 4) is 5.75 Å². The number of hydrogen-bond acceptors (Lipinski definition) is 1.